The summed E-state index contributed by atoms with van der Waals surface area (Å²) < 4.78 is 0. The summed E-state index contributed by atoms with van der Waals surface area (Å²) in [6.07, 6.45) is 0.614. The maximum absolute atomic E-state index is 11.1. The van der Waals surface area contributed by atoms with E-state index in [1.54, 1.807) is 12.1 Å². The van der Waals surface area contributed by atoms with Crippen molar-refractivity contribution in [3.63, 3.8) is 0 Å². The highest BCUT2D eigenvalue weighted by Gasteiger charge is 2.14. The molecular formula is C16H15N5O3. The van der Waals surface area contributed by atoms with Crippen LogP contribution in [-0.2, 0) is 6.42 Å². The molecule has 0 fully saturated rings. The fourth-order valence-electron chi connectivity index (χ4n) is 2.03. The summed E-state index contributed by atoms with van der Waals surface area (Å²) in [7, 11) is 1.81. The Kier molecular flexibility index (Phi) is 5.54. The topological polar surface area (TPSA) is 124 Å². The Morgan fingerprint density at radius 1 is 1.29 bits per heavy atom. The summed E-state index contributed by atoms with van der Waals surface area (Å²) in [5, 5.41) is 40.6. The number of benzene rings is 2. The molecule has 2 aromatic rings. The second kappa shape index (κ2) is 7.80. The van der Waals surface area contributed by atoms with Crippen LogP contribution in [-0.4, -0.2) is 23.6 Å². The molecule has 0 amide bonds. The van der Waals surface area contributed by atoms with Crippen LogP contribution in [0.3, 0.4) is 0 Å². The zero-order valence-corrected chi connectivity index (χ0v) is 12.9. The zero-order chi connectivity index (χ0) is 17.5. The number of nitrogens with one attached hydrogen (secondary N) is 1. The first-order valence-corrected chi connectivity index (χ1v) is 7.12. The highest BCUT2D eigenvalue weighted by Crippen LogP contribution is 2.31. The molecule has 0 aliphatic rings. The van der Waals surface area contributed by atoms with Gasteiger partial charge in [-0.1, -0.05) is 0 Å². The molecule has 2 rings (SSSR count). The van der Waals surface area contributed by atoms with Gasteiger partial charge in [-0.05, 0) is 55.9 Å². The molecule has 8 heteroatoms. The van der Waals surface area contributed by atoms with Gasteiger partial charge in [0.05, 0.1) is 22.2 Å². The maximum Gasteiger partial charge on any atom is 0.298 e. The minimum absolute atomic E-state index is 0.0591. The minimum Gasteiger partial charge on any atom is -0.508 e. The molecule has 0 spiro atoms. The number of nitro benzene ring substituents is 1. The first-order valence-electron chi connectivity index (χ1n) is 7.12. The SMILES string of the molecule is CNCCc1cc(N=Nc2ccc(C#N)cc2[N+](=O)[O-])ccc1O. The molecule has 24 heavy (non-hydrogen) atoms. The van der Waals surface area contributed by atoms with E-state index in [1.807, 2.05) is 13.1 Å². The van der Waals surface area contributed by atoms with Crippen molar-refractivity contribution in [1.29, 1.82) is 5.26 Å². The van der Waals surface area contributed by atoms with Crippen molar-refractivity contribution < 1.29 is 10.0 Å². The number of nitriles is 1. The van der Waals surface area contributed by atoms with Gasteiger partial charge in [-0.15, -0.1) is 5.11 Å². The van der Waals surface area contributed by atoms with E-state index in [0.717, 1.165) is 6.07 Å². The standard InChI is InChI=1S/C16H15N5O3/c1-18-7-6-12-9-13(3-5-16(12)22)19-20-14-4-2-11(10-17)8-15(14)21(23)24/h2-5,8-9,18,22H,6-7H2,1H3. The third kappa shape index (κ3) is 4.12. The van der Waals surface area contributed by atoms with E-state index in [-0.39, 0.29) is 22.7 Å². The Morgan fingerprint density at radius 3 is 2.75 bits per heavy atom. The second-order valence-electron chi connectivity index (χ2n) is 4.94. The lowest BCUT2D eigenvalue weighted by molar-refractivity contribution is -0.384. The predicted octanol–water partition coefficient (Wildman–Crippen LogP) is 3.35. The fourth-order valence-corrected chi connectivity index (χ4v) is 2.03. The van der Waals surface area contributed by atoms with Gasteiger partial charge in [0, 0.05) is 6.07 Å². The molecule has 2 N–H and O–H groups in total. The molecule has 0 heterocycles. The number of hydrogen-bond donors (Lipinski definition) is 2. The lowest BCUT2D eigenvalue weighted by Gasteiger charge is -2.04. The molecule has 0 unspecified atom stereocenters. The molecule has 2 aromatic carbocycles. The molecular weight excluding hydrogens is 310 g/mol. The van der Waals surface area contributed by atoms with Crippen molar-refractivity contribution in [2.45, 2.75) is 6.42 Å². The highest BCUT2D eigenvalue weighted by atomic mass is 16.6. The van der Waals surface area contributed by atoms with Gasteiger partial charge in [0.2, 0.25) is 0 Å². The van der Waals surface area contributed by atoms with Crippen LogP contribution < -0.4 is 5.32 Å². The van der Waals surface area contributed by atoms with E-state index in [1.165, 1.54) is 18.2 Å². The van der Waals surface area contributed by atoms with Crippen molar-refractivity contribution in [3.05, 3.63) is 57.6 Å². The van der Waals surface area contributed by atoms with Crippen molar-refractivity contribution in [2.75, 3.05) is 13.6 Å². The number of rotatable bonds is 6. The van der Waals surface area contributed by atoms with E-state index >= 15 is 0 Å². The summed E-state index contributed by atoms with van der Waals surface area (Å²) in [6, 6.07) is 10.6. The van der Waals surface area contributed by atoms with Crippen LogP contribution in [0.2, 0.25) is 0 Å². The van der Waals surface area contributed by atoms with Crippen LogP contribution >= 0.6 is 0 Å². The molecule has 0 saturated heterocycles. The number of azo groups is 1. The molecule has 0 radical (unpaired) electrons. The third-order valence-electron chi connectivity index (χ3n) is 3.28. The molecule has 0 bridgehead atoms. The first-order chi connectivity index (χ1) is 11.5. The fraction of sp³-hybridized carbons (Fsp3) is 0.188. The van der Waals surface area contributed by atoms with Gasteiger partial charge in [0.1, 0.15) is 5.75 Å². The van der Waals surface area contributed by atoms with Gasteiger partial charge >= 0.3 is 0 Å². The second-order valence-corrected chi connectivity index (χ2v) is 4.94. The highest BCUT2D eigenvalue weighted by molar-refractivity contribution is 5.60. The molecule has 0 aromatic heterocycles. The summed E-state index contributed by atoms with van der Waals surface area (Å²) >= 11 is 0. The van der Waals surface area contributed by atoms with E-state index in [4.69, 9.17) is 5.26 Å². The van der Waals surface area contributed by atoms with E-state index in [9.17, 15) is 15.2 Å². The normalized spacial score (nSPS) is 10.7. The van der Waals surface area contributed by atoms with Gasteiger partial charge in [0.15, 0.2) is 5.69 Å². The third-order valence-corrected chi connectivity index (χ3v) is 3.28. The monoisotopic (exact) mass is 325 g/mol. The van der Waals surface area contributed by atoms with Crippen LogP contribution in [0.4, 0.5) is 17.1 Å². The molecule has 0 atom stereocenters. The Morgan fingerprint density at radius 2 is 2.08 bits per heavy atom. The molecule has 0 aliphatic carbocycles. The predicted molar refractivity (Wildman–Crippen MR) is 87.7 cm³/mol. The molecule has 8 nitrogen and oxygen atoms in total. The summed E-state index contributed by atoms with van der Waals surface area (Å²) in [6.45, 7) is 0.690. The summed E-state index contributed by atoms with van der Waals surface area (Å²) in [5.41, 5.74) is 1.13. The quantitative estimate of drug-likeness (QED) is 0.479. The van der Waals surface area contributed by atoms with Crippen LogP contribution in [0.1, 0.15) is 11.1 Å². The Balaban J connectivity index is 2.31. The lowest BCUT2D eigenvalue weighted by atomic mass is 10.1. The molecule has 0 aliphatic heterocycles. The number of nitro groups is 1. The van der Waals surface area contributed by atoms with Crippen LogP contribution in [0.25, 0.3) is 0 Å². The lowest BCUT2D eigenvalue weighted by Crippen LogP contribution is -2.10. The van der Waals surface area contributed by atoms with Gasteiger partial charge in [-0.3, -0.25) is 10.1 Å². The van der Waals surface area contributed by atoms with Gasteiger partial charge < -0.3 is 10.4 Å². The Labute approximate surface area is 138 Å². The summed E-state index contributed by atoms with van der Waals surface area (Å²) in [4.78, 5) is 10.5. The zero-order valence-electron chi connectivity index (χ0n) is 12.9. The van der Waals surface area contributed by atoms with Gasteiger partial charge in [0.25, 0.3) is 5.69 Å². The average molecular weight is 325 g/mol. The van der Waals surface area contributed by atoms with Crippen molar-refractivity contribution >= 4 is 17.1 Å². The van der Waals surface area contributed by atoms with Crippen LogP contribution in [0.5, 0.6) is 5.75 Å². The number of phenols is 1. The van der Waals surface area contributed by atoms with Gasteiger partial charge in [-0.25, -0.2) is 0 Å². The van der Waals surface area contributed by atoms with Crippen LogP contribution in [0, 0.1) is 21.4 Å². The molecule has 122 valence electrons. The van der Waals surface area contributed by atoms with Crippen molar-refractivity contribution in [1.82, 2.24) is 5.32 Å². The number of nitrogens with zero attached hydrogens (tertiary/aromatic N) is 4. The smallest absolute Gasteiger partial charge is 0.298 e. The number of aromatic hydroxyl groups is 1. The van der Waals surface area contributed by atoms with Crippen molar-refractivity contribution in [2.24, 2.45) is 10.2 Å². The number of phenolic OH excluding ortho intramolecular Hbond substituents is 1. The van der Waals surface area contributed by atoms with Gasteiger partial charge in [-0.2, -0.15) is 10.4 Å². The maximum atomic E-state index is 11.1. The van der Waals surface area contributed by atoms with E-state index < -0.39 is 4.92 Å². The Hall–Kier alpha value is -3.31. The Bertz CT molecular complexity index is 827. The number of hydrogen-bond acceptors (Lipinski definition) is 7. The largest absolute Gasteiger partial charge is 0.508 e. The van der Waals surface area contributed by atoms with E-state index in [0.29, 0.717) is 24.2 Å². The average Bonchev–Trinajstić information content (AvgIpc) is 2.59. The van der Waals surface area contributed by atoms with E-state index in [2.05, 4.69) is 15.5 Å². The minimum atomic E-state index is -0.607. The molecule has 0 saturated carbocycles. The van der Waals surface area contributed by atoms with Crippen molar-refractivity contribution in [3.8, 4) is 11.8 Å². The summed E-state index contributed by atoms with van der Waals surface area (Å²) in [5.74, 6) is 0.161. The van der Waals surface area contributed by atoms with Crippen LogP contribution in [0.15, 0.2) is 46.6 Å². The number of likely N-dealkylation sites (N-methyl/N-ethyl adjacent to an activating group) is 1. The first kappa shape index (κ1) is 17.1.